The second kappa shape index (κ2) is 5.18. The van der Waals surface area contributed by atoms with Crippen molar-refractivity contribution in [3.05, 3.63) is 52.1 Å². The first-order chi connectivity index (χ1) is 8.93. The van der Waals surface area contributed by atoms with Gasteiger partial charge in [0.15, 0.2) is 4.77 Å². The Labute approximate surface area is 112 Å². The zero-order valence-electron chi connectivity index (χ0n) is 9.74. The number of alkyl halides is 3. The van der Waals surface area contributed by atoms with Gasteiger partial charge in [-0.2, -0.15) is 13.2 Å². The number of halogens is 3. The highest BCUT2D eigenvalue weighted by Crippen LogP contribution is 2.32. The maximum Gasteiger partial charge on any atom is 0.416 e. The number of aromatic amines is 1. The molecular formula is C12H11F3N2OS. The van der Waals surface area contributed by atoms with Crippen LogP contribution in [0.25, 0.3) is 0 Å². The summed E-state index contributed by atoms with van der Waals surface area (Å²) in [5.41, 5.74) is -0.135. The normalized spacial score (nSPS) is 11.8. The number of benzene rings is 1. The summed E-state index contributed by atoms with van der Waals surface area (Å²) in [4.78, 5) is 2.70. The van der Waals surface area contributed by atoms with Gasteiger partial charge in [-0.15, -0.1) is 0 Å². The van der Waals surface area contributed by atoms with Crippen LogP contribution in [0.2, 0.25) is 0 Å². The number of aromatic nitrogens is 2. The zero-order valence-corrected chi connectivity index (χ0v) is 10.6. The van der Waals surface area contributed by atoms with Crippen molar-refractivity contribution in [1.29, 1.82) is 0 Å². The summed E-state index contributed by atoms with van der Waals surface area (Å²) in [6.07, 6.45) is -2.92. The highest BCUT2D eigenvalue weighted by Gasteiger charge is 2.32. The van der Waals surface area contributed by atoms with Crippen LogP contribution in [0.15, 0.2) is 30.5 Å². The number of imidazole rings is 1. The van der Waals surface area contributed by atoms with E-state index >= 15 is 0 Å². The summed E-state index contributed by atoms with van der Waals surface area (Å²) in [6, 6.07) is 5.32. The van der Waals surface area contributed by atoms with Gasteiger partial charge in [-0.3, -0.25) is 0 Å². The molecule has 1 aromatic heterocycles. The zero-order chi connectivity index (χ0) is 14.0. The second-order valence-corrected chi connectivity index (χ2v) is 4.37. The van der Waals surface area contributed by atoms with Crippen molar-refractivity contribution in [2.45, 2.75) is 19.3 Å². The minimum Gasteiger partial charge on any atom is -0.390 e. The third kappa shape index (κ3) is 2.87. The number of nitrogens with zero attached hydrogens (tertiary/aromatic N) is 1. The third-order valence-corrected chi connectivity index (χ3v) is 3.11. The van der Waals surface area contributed by atoms with E-state index in [4.69, 9.17) is 17.3 Å². The molecule has 0 atom stereocenters. The van der Waals surface area contributed by atoms with Crippen LogP contribution in [0.5, 0.6) is 0 Å². The first-order valence-corrected chi connectivity index (χ1v) is 5.87. The van der Waals surface area contributed by atoms with Crippen LogP contribution in [-0.2, 0) is 19.3 Å². The van der Waals surface area contributed by atoms with E-state index in [-0.39, 0.29) is 23.5 Å². The molecule has 2 rings (SSSR count). The third-order valence-electron chi connectivity index (χ3n) is 2.77. The van der Waals surface area contributed by atoms with Crippen molar-refractivity contribution in [1.82, 2.24) is 9.55 Å². The number of nitrogens with one attached hydrogen (secondary N) is 1. The molecule has 0 aliphatic heterocycles. The predicted octanol–water partition coefficient (Wildman–Crippen LogP) is 3.11. The number of H-pyrrole nitrogens is 1. The lowest BCUT2D eigenvalue weighted by atomic mass is 10.1. The average molecular weight is 288 g/mol. The van der Waals surface area contributed by atoms with E-state index in [2.05, 4.69) is 4.98 Å². The summed E-state index contributed by atoms with van der Waals surface area (Å²) in [5, 5.41) is 9.13. The maximum atomic E-state index is 12.9. The van der Waals surface area contributed by atoms with Crippen LogP contribution in [0.3, 0.4) is 0 Å². The second-order valence-electron chi connectivity index (χ2n) is 3.98. The standard InChI is InChI=1S/C12H11F3N2OS/c13-12(14,15)10-4-2-1-3-8(10)6-17-9(7-18)5-16-11(17)19/h1-5,18H,6-7H2,(H,16,19). The fraction of sp³-hybridized carbons (Fsp3) is 0.250. The fourth-order valence-electron chi connectivity index (χ4n) is 1.84. The van der Waals surface area contributed by atoms with Gasteiger partial charge in [0.25, 0.3) is 0 Å². The fourth-order valence-corrected chi connectivity index (χ4v) is 2.08. The van der Waals surface area contributed by atoms with Crippen LogP contribution in [0, 0.1) is 4.77 Å². The molecule has 1 aromatic carbocycles. The Morgan fingerprint density at radius 3 is 2.58 bits per heavy atom. The van der Waals surface area contributed by atoms with E-state index in [1.54, 1.807) is 6.07 Å². The van der Waals surface area contributed by atoms with Gasteiger partial charge in [-0.25, -0.2) is 0 Å². The Morgan fingerprint density at radius 2 is 1.95 bits per heavy atom. The first kappa shape index (κ1) is 13.8. The van der Waals surface area contributed by atoms with Gasteiger partial charge in [-0.05, 0) is 23.8 Å². The van der Waals surface area contributed by atoms with Crippen LogP contribution in [0.1, 0.15) is 16.8 Å². The lowest BCUT2D eigenvalue weighted by Crippen LogP contribution is -2.13. The number of aliphatic hydroxyl groups excluding tert-OH is 1. The molecule has 2 N–H and O–H groups in total. The Morgan fingerprint density at radius 1 is 1.26 bits per heavy atom. The molecule has 0 saturated carbocycles. The minimum absolute atomic E-state index is 0.0338. The van der Waals surface area contributed by atoms with Crippen molar-refractivity contribution in [3.8, 4) is 0 Å². The van der Waals surface area contributed by atoms with Crippen molar-refractivity contribution in [3.63, 3.8) is 0 Å². The quantitative estimate of drug-likeness (QED) is 0.852. The summed E-state index contributed by atoms with van der Waals surface area (Å²) >= 11 is 4.99. The number of hydrogen-bond donors (Lipinski definition) is 2. The molecule has 0 aliphatic carbocycles. The summed E-state index contributed by atoms with van der Waals surface area (Å²) in [7, 11) is 0. The molecular weight excluding hydrogens is 277 g/mol. The Kier molecular flexibility index (Phi) is 3.77. The topological polar surface area (TPSA) is 40.9 Å². The number of rotatable bonds is 3. The van der Waals surface area contributed by atoms with Crippen LogP contribution in [-0.4, -0.2) is 14.7 Å². The lowest BCUT2D eigenvalue weighted by molar-refractivity contribution is -0.138. The van der Waals surface area contributed by atoms with Gasteiger partial charge in [0.2, 0.25) is 0 Å². The van der Waals surface area contributed by atoms with E-state index < -0.39 is 11.7 Å². The van der Waals surface area contributed by atoms with E-state index in [0.29, 0.717) is 5.69 Å². The molecule has 0 fully saturated rings. The molecule has 3 nitrogen and oxygen atoms in total. The number of aliphatic hydroxyl groups is 1. The molecule has 2 aromatic rings. The summed E-state index contributed by atoms with van der Waals surface area (Å²) in [6.45, 7) is -0.324. The molecule has 0 amide bonds. The number of hydrogen-bond acceptors (Lipinski definition) is 2. The molecule has 7 heteroatoms. The van der Waals surface area contributed by atoms with Crippen LogP contribution in [0.4, 0.5) is 13.2 Å². The van der Waals surface area contributed by atoms with Crippen molar-refractivity contribution in [2.75, 3.05) is 0 Å². The molecule has 1 heterocycles. The van der Waals surface area contributed by atoms with Crippen LogP contribution >= 0.6 is 12.2 Å². The van der Waals surface area contributed by atoms with Gasteiger partial charge in [0.05, 0.1) is 24.4 Å². The Hall–Kier alpha value is -1.60. The minimum atomic E-state index is -4.41. The molecule has 0 spiro atoms. The summed E-state index contributed by atoms with van der Waals surface area (Å²) < 4.78 is 40.3. The van der Waals surface area contributed by atoms with Crippen molar-refractivity contribution < 1.29 is 18.3 Å². The maximum absolute atomic E-state index is 12.9. The Balaban J connectivity index is 2.44. The van der Waals surface area contributed by atoms with E-state index in [0.717, 1.165) is 6.07 Å². The van der Waals surface area contributed by atoms with E-state index in [1.165, 1.54) is 22.9 Å². The largest absolute Gasteiger partial charge is 0.416 e. The summed E-state index contributed by atoms with van der Waals surface area (Å²) in [5.74, 6) is 0. The molecule has 0 unspecified atom stereocenters. The average Bonchev–Trinajstić information content (AvgIpc) is 2.70. The smallest absolute Gasteiger partial charge is 0.390 e. The predicted molar refractivity (Wildman–Crippen MR) is 66.1 cm³/mol. The molecule has 102 valence electrons. The van der Waals surface area contributed by atoms with Gasteiger partial charge in [0, 0.05) is 6.20 Å². The van der Waals surface area contributed by atoms with Crippen LogP contribution < -0.4 is 0 Å². The van der Waals surface area contributed by atoms with E-state index in [1.807, 2.05) is 0 Å². The van der Waals surface area contributed by atoms with Gasteiger partial charge in [0.1, 0.15) is 0 Å². The van der Waals surface area contributed by atoms with Crippen molar-refractivity contribution >= 4 is 12.2 Å². The molecule has 19 heavy (non-hydrogen) atoms. The SMILES string of the molecule is OCc1c[nH]c(=S)n1Cc1ccccc1C(F)(F)F. The first-order valence-electron chi connectivity index (χ1n) is 5.46. The Bertz CT molecular complexity index is 630. The highest BCUT2D eigenvalue weighted by atomic mass is 32.1. The van der Waals surface area contributed by atoms with Crippen molar-refractivity contribution in [2.24, 2.45) is 0 Å². The molecule has 0 aliphatic rings. The van der Waals surface area contributed by atoms with Gasteiger partial charge >= 0.3 is 6.18 Å². The van der Waals surface area contributed by atoms with E-state index in [9.17, 15) is 13.2 Å². The lowest BCUT2D eigenvalue weighted by Gasteiger charge is -2.14. The monoisotopic (exact) mass is 288 g/mol. The molecule has 0 bridgehead atoms. The van der Waals surface area contributed by atoms with Gasteiger partial charge < -0.3 is 14.7 Å². The highest BCUT2D eigenvalue weighted by molar-refractivity contribution is 7.71. The molecule has 0 saturated heterocycles. The molecule has 0 radical (unpaired) electrons. The van der Waals surface area contributed by atoms with Gasteiger partial charge in [-0.1, -0.05) is 18.2 Å².